The number of nitrogens with zero attached hydrogens (tertiary/aromatic N) is 3. The minimum absolute atomic E-state index is 0.0455. The maximum absolute atomic E-state index is 13.0. The van der Waals surface area contributed by atoms with Gasteiger partial charge in [-0.3, -0.25) is 0 Å². The Labute approximate surface area is 144 Å². The monoisotopic (exact) mass is 342 g/mol. The summed E-state index contributed by atoms with van der Waals surface area (Å²) in [6, 6.07) is 6.02. The van der Waals surface area contributed by atoms with E-state index in [1.807, 2.05) is 0 Å². The SMILES string of the molecule is CC1(c2noc(Cc3coc(-c4ccc(F)cc4)n3)n2)CCNCC1. The van der Waals surface area contributed by atoms with E-state index in [0.717, 1.165) is 37.3 Å². The quantitative estimate of drug-likeness (QED) is 0.785. The number of rotatable bonds is 4. The molecule has 1 fully saturated rings. The Bertz CT molecular complexity index is 850. The number of aromatic nitrogens is 3. The molecule has 130 valence electrons. The Morgan fingerprint density at radius 1 is 1.16 bits per heavy atom. The molecule has 3 aromatic rings. The molecule has 0 unspecified atom stereocenters. The third kappa shape index (κ3) is 3.32. The molecular formula is C18H19FN4O2. The Morgan fingerprint density at radius 2 is 1.92 bits per heavy atom. The van der Waals surface area contributed by atoms with Crippen molar-refractivity contribution in [1.82, 2.24) is 20.4 Å². The summed E-state index contributed by atoms with van der Waals surface area (Å²) in [5.41, 5.74) is 1.38. The van der Waals surface area contributed by atoms with E-state index in [1.54, 1.807) is 18.4 Å². The van der Waals surface area contributed by atoms with E-state index in [0.29, 0.717) is 23.9 Å². The molecule has 25 heavy (non-hydrogen) atoms. The Balaban J connectivity index is 1.49. The lowest BCUT2D eigenvalue weighted by Crippen LogP contribution is -2.38. The van der Waals surface area contributed by atoms with Gasteiger partial charge in [0.2, 0.25) is 11.8 Å². The second-order valence-corrected chi connectivity index (χ2v) is 6.65. The zero-order valence-corrected chi connectivity index (χ0v) is 14.0. The lowest BCUT2D eigenvalue weighted by molar-refractivity contribution is 0.300. The summed E-state index contributed by atoms with van der Waals surface area (Å²) in [6.07, 6.45) is 3.95. The lowest BCUT2D eigenvalue weighted by atomic mass is 9.80. The number of oxazole rings is 1. The van der Waals surface area contributed by atoms with Crippen LogP contribution in [0.15, 0.2) is 39.5 Å². The molecule has 1 N–H and O–H groups in total. The van der Waals surface area contributed by atoms with Crippen molar-refractivity contribution >= 4 is 0 Å². The van der Waals surface area contributed by atoms with Gasteiger partial charge in [-0.05, 0) is 50.2 Å². The van der Waals surface area contributed by atoms with Crippen molar-refractivity contribution in [2.45, 2.75) is 31.6 Å². The first-order valence-electron chi connectivity index (χ1n) is 8.36. The standard InChI is InChI=1S/C18H19FN4O2/c1-18(6-8-20-9-7-18)17-22-15(25-23-17)10-14-11-24-16(21-14)12-2-4-13(19)5-3-12/h2-5,11,20H,6-10H2,1H3. The number of hydrogen-bond donors (Lipinski definition) is 1. The summed E-state index contributed by atoms with van der Waals surface area (Å²) in [4.78, 5) is 8.98. The van der Waals surface area contributed by atoms with E-state index in [2.05, 4.69) is 27.4 Å². The van der Waals surface area contributed by atoms with Crippen molar-refractivity contribution in [3.63, 3.8) is 0 Å². The van der Waals surface area contributed by atoms with Gasteiger partial charge in [0.25, 0.3) is 0 Å². The number of halogens is 1. The molecule has 2 aromatic heterocycles. The Morgan fingerprint density at radius 3 is 2.68 bits per heavy atom. The highest BCUT2D eigenvalue weighted by Crippen LogP contribution is 2.30. The zero-order chi connectivity index (χ0) is 17.3. The minimum atomic E-state index is -0.291. The predicted molar refractivity (Wildman–Crippen MR) is 88.5 cm³/mol. The molecule has 4 rings (SSSR count). The van der Waals surface area contributed by atoms with E-state index in [9.17, 15) is 4.39 Å². The van der Waals surface area contributed by atoms with E-state index < -0.39 is 0 Å². The fourth-order valence-corrected chi connectivity index (χ4v) is 3.04. The highest BCUT2D eigenvalue weighted by molar-refractivity contribution is 5.52. The minimum Gasteiger partial charge on any atom is -0.444 e. The maximum atomic E-state index is 13.0. The highest BCUT2D eigenvalue weighted by Gasteiger charge is 2.33. The highest BCUT2D eigenvalue weighted by atomic mass is 19.1. The van der Waals surface area contributed by atoms with E-state index in [-0.39, 0.29) is 11.2 Å². The van der Waals surface area contributed by atoms with Gasteiger partial charge in [-0.1, -0.05) is 12.1 Å². The predicted octanol–water partition coefficient (Wildman–Crippen LogP) is 3.10. The number of hydrogen-bond acceptors (Lipinski definition) is 6. The van der Waals surface area contributed by atoms with Crippen LogP contribution in [0.3, 0.4) is 0 Å². The molecule has 7 heteroatoms. The fourth-order valence-electron chi connectivity index (χ4n) is 3.04. The van der Waals surface area contributed by atoms with Crippen LogP contribution in [-0.2, 0) is 11.8 Å². The van der Waals surface area contributed by atoms with Crippen LogP contribution in [0.25, 0.3) is 11.5 Å². The van der Waals surface area contributed by atoms with Gasteiger partial charge < -0.3 is 14.3 Å². The van der Waals surface area contributed by atoms with Crippen LogP contribution in [0.1, 0.15) is 37.2 Å². The van der Waals surface area contributed by atoms with Gasteiger partial charge in [-0.25, -0.2) is 9.37 Å². The maximum Gasteiger partial charge on any atom is 0.232 e. The number of benzene rings is 1. The topological polar surface area (TPSA) is 77.0 Å². The average molecular weight is 342 g/mol. The summed E-state index contributed by atoms with van der Waals surface area (Å²) in [5, 5.41) is 7.51. The third-order valence-electron chi connectivity index (χ3n) is 4.69. The first-order chi connectivity index (χ1) is 12.1. The van der Waals surface area contributed by atoms with Crippen LogP contribution in [0.4, 0.5) is 4.39 Å². The summed E-state index contributed by atoms with van der Waals surface area (Å²) in [7, 11) is 0. The first kappa shape index (κ1) is 16.0. The molecule has 0 radical (unpaired) electrons. The molecule has 1 aromatic carbocycles. The van der Waals surface area contributed by atoms with Gasteiger partial charge in [0, 0.05) is 11.0 Å². The van der Waals surface area contributed by atoms with E-state index in [1.165, 1.54) is 12.1 Å². The van der Waals surface area contributed by atoms with Gasteiger partial charge in [-0.2, -0.15) is 4.98 Å². The molecular weight excluding hydrogens is 323 g/mol. The number of piperidine rings is 1. The molecule has 0 amide bonds. The van der Waals surface area contributed by atoms with Crippen LogP contribution in [0.5, 0.6) is 0 Å². The van der Waals surface area contributed by atoms with Crippen LogP contribution in [-0.4, -0.2) is 28.2 Å². The van der Waals surface area contributed by atoms with Gasteiger partial charge >= 0.3 is 0 Å². The summed E-state index contributed by atoms with van der Waals surface area (Å²) in [6.45, 7) is 4.10. The lowest BCUT2D eigenvalue weighted by Gasteiger charge is -2.30. The fraction of sp³-hybridized carbons (Fsp3) is 0.389. The van der Waals surface area contributed by atoms with Crippen LogP contribution in [0, 0.1) is 5.82 Å². The number of nitrogens with one attached hydrogen (secondary N) is 1. The van der Waals surface area contributed by atoms with Crippen LogP contribution < -0.4 is 5.32 Å². The molecule has 3 heterocycles. The third-order valence-corrected chi connectivity index (χ3v) is 4.69. The molecule has 0 atom stereocenters. The normalized spacial score (nSPS) is 16.9. The van der Waals surface area contributed by atoms with Crippen LogP contribution >= 0.6 is 0 Å². The van der Waals surface area contributed by atoms with Crippen molar-refractivity contribution in [2.75, 3.05) is 13.1 Å². The van der Waals surface area contributed by atoms with Gasteiger partial charge in [0.1, 0.15) is 12.1 Å². The first-order valence-corrected chi connectivity index (χ1v) is 8.36. The second-order valence-electron chi connectivity index (χ2n) is 6.65. The second kappa shape index (κ2) is 6.40. The summed E-state index contributed by atoms with van der Waals surface area (Å²) < 4.78 is 23.9. The molecule has 0 aliphatic carbocycles. The largest absolute Gasteiger partial charge is 0.444 e. The van der Waals surface area contributed by atoms with E-state index >= 15 is 0 Å². The van der Waals surface area contributed by atoms with Crippen molar-refractivity contribution in [3.05, 3.63) is 53.8 Å². The Hall–Kier alpha value is -2.54. The molecule has 1 aliphatic rings. The van der Waals surface area contributed by atoms with Crippen molar-refractivity contribution < 1.29 is 13.3 Å². The van der Waals surface area contributed by atoms with Crippen molar-refractivity contribution in [1.29, 1.82) is 0 Å². The van der Waals surface area contributed by atoms with Gasteiger partial charge in [0.15, 0.2) is 5.82 Å². The summed E-state index contributed by atoms with van der Waals surface area (Å²) in [5.74, 6) is 1.43. The molecule has 0 saturated carbocycles. The average Bonchev–Trinajstić information content (AvgIpc) is 3.27. The van der Waals surface area contributed by atoms with Gasteiger partial charge in [-0.15, -0.1) is 0 Å². The summed E-state index contributed by atoms with van der Waals surface area (Å²) >= 11 is 0. The van der Waals surface area contributed by atoms with Gasteiger partial charge in [0.05, 0.1) is 12.1 Å². The van der Waals surface area contributed by atoms with Crippen LogP contribution in [0.2, 0.25) is 0 Å². The van der Waals surface area contributed by atoms with Crippen molar-refractivity contribution in [3.8, 4) is 11.5 Å². The molecule has 6 nitrogen and oxygen atoms in total. The smallest absolute Gasteiger partial charge is 0.232 e. The zero-order valence-electron chi connectivity index (χ0n) is 14.0. The molecule has 0 spiro atoms. The van der Waals surface area contributed by atoms with Crippen molar-refractivity contribution in [2.24, 2.45) is 0 Å². The van der Waals surface area contributed by atoms with E-state index in [4.69, 9.17) is 8.94 Å². The molecule has 1 saturated heterocycles. The Kier molecular flexibility index (Phi) is 4.09. The molecule has 0 bridgehead atoms. The molecule has 1 aliphatic heterocycles.